The number of alkyl halides is 3. The second-order valence-electron chi connectivity index (χ2n) is 6.31. The van der Waals surface area contributed by atoms with Crippen molar-refractivity contribution in [2.75, 3.05) is 32.6 Å². The maximum atomic E-state index is 12.5. The number of thiazole rings is 1. The smallest absolute Gasteiger partial charge is 0.422 e. The Kier molecular flexibility index (Phi) is 9.96. The lowest BCUT2D eigenvalue weighted by molar-refractivity contribution is -0.153. The van der Waals surface area contributed by atoms with Crippen LogP contribution in [0.3, 0.4) is 0 Å². The van der Waals surface area contributed by atoms with Crippen molar-refractivity contribution in [3.63, 3.8) is 0 Å². The highest BCUT2D eigenvalue weighted by Crippen LogP contribution is 2.23. The lowest BCUT2D eigenvalue weighted by atomic mass is 10.1. The predicted molar refractivity (Wildman–Crippen MR) is 122 cm³/mol. The number of nitrogens with zero attached hydrogens (tertiary/aromatic N) is 3. The minimum absolute atomic E-state index is 0. The molecule has 2 rings (SSSR count). The van der Waals surface area contributed by atoms with Crippen molar-refractivity contribution in [2.24, 2.45) is 4.99 Å². The van der Waals surface area contributed by atoms with Crippen molar-refractivity contribution in [1.82, 2.24) is 15.6 Å². The van der Waals surface area contributed by atoms with E-state index in [1.165, 1.54) is 0 Å². The number of halogens is 4. The fraction of sp³-hybridized carbons (Fsp3) is 0.444. The van der Waals surface area contributed by atoms with Crippen LogP contribution < -0.4 is 20.3 Å². The van der Waals surface area contributed by atoms with E-state index in [9.17, 15) is 13.2 Å². The molecule has 0 radical (unpaired) electrons. The number of benzene rings is 1. The first kappa shape index (κ1) is 25.3. The number of guanidine groups is 1. The van der Waals surface area contributed by atoms with Gasteiger partial charge in [-0.25, -0.2) is 4.98 Å². The molecular formula is C18H25F3IN5OS. The minimum atomic E-state index is -4.38. The third-order valence-electron chi connectivity index (χ3n) is 3.64. The fourth-order valence-corrected chi connectivity index (χ4v) is 3.02. The maximum absolute atomic E-state index is 12.5. The second-order valence-corrected chi connectivity index (χ2v) is 7.15. The quantitative estimate of drug-likeness (QED) is 0.315. The Bertz CT molecular complexity index is 811. The van der Waals surface area contributed by atoms with E-state index in [1.54, 1.807) is 37.4 Å². The number of nitrogens with one attached hydrogen (secondary N) is 2. The molecule has 29 heavy (non-hydrogen) atoms. The second kappa shape index (κ2) is 11.4. The van der Waals surface area contributed by atoms with Crippen LogP contribution in [-0.4, -0.2) is 44.9 Å². The van der Waals surface area contributed by atoms with Gasteiger partial charge in [-0.1, -0.05) is 12.1 Å². The molecule has 0 aliphatic carbocycles. The first-order chi connectivity index (χ1) is 13.2. The van der Waals surface area contributed by atoms with Crippen LogP contribution in [0.5, 0.6) is 5.75 Å². The zero-order chi connectivity index (χ0) is 20.7. The largest absolute Gasteiger partial charge is 0.484 e. The summed E-state index contributed by atoms with van der Waals surface area (Å²) in [6.07, 6.45) is -4.38. The van der Waals surface area contributed by atoms with Gasteiger partial charge in [-0.15, -0.1) is 35.3 Å². The van der Waals surface area contributed by atoms with Gasteiger partial charge in [0.05, 0.1) is 12.2 Å². The van der Waals surface area contributed by atoms with Crippen LogP contribution in [-0.2, 0) is 13.1 Å². The van der Waals surface area contributed by atoms with Crippen molar-refractivity contribution < 1.29 is 17.9 Å². The average molecular weight is 543 g/mol. The summed E-state index contributed by atoms with van der Waals surface area (Å²) >= 11 is 1.54. The lowest BCUT2D eigenvalue weighted by Crippen LogP contribution is -2.36. The van der Waals surface area contributed by atoms with E-state index in [0.717, 1.165) is 16.4 Å². The minimum Gasteiger partial charge on any atom is -0.484 e. The van der Waals surface area contributed by atoms with Crippen LogP contribution in [0.1, 0.15) is 16.8 Å². The van der Waals surface area contributed by atoms with Gasteiger partial charge in [-0.3, -0.25) is 4.99 Å². The molecule has 0 spiro atoms. The van der Waals surface area contributed by atoms with Crippen molar-refractivity contribution in [3.05, 3.63) is 40.4 Å². The van der Waals surface area contributed by atoms with Crippen LogP contribution in [0, 0.1) is 6.92 Å². The van der Waals surface area contributed by atoms with Gasteiger partial charge < -0.3 is 20.3 Å². The maximum Gasteiger partial charge on any atom is 0.422 e. The molecular weight excluding hydrogens is 518 g/mol. The monoisotopic (exact) mass is 543 g/mol. The fourth-order valence-electron chi connectivity index (χ4n) is 2.26. The molecule has 0 unspecified atom stereocenters. The topological polar surface area (TPSA) is 61.8 Å². The molecule has 0 atom stereocenters. The summed E-state index contributed by atoms with van der Waals surface area (Å²) in [6.45, 7) is 1.23. The van der Waals surface area contributed by atoms with Gasteiger partial charge in [0, 0.05) is 38.6 Å². The van der Waals surface area contributed by atoms with Crippen molar-refractivity contribution in [1.29, 1.82) is 0 Å². The lowest BCUT2D eigenvalue weighted by Gasteiger charge is -2.16. The van der Waals surface area contributed by atoms with Crippen LogP contribution in [0.4, 0.5) is 18.3 Å². The average Bonchev–Trinajstić information content (AvgIpc) is 3.10. The van der Waals surface area contributed by atoms with Gasteiger partial charge in [0.15, 0.2) is 17.7 Å². The first-order valence-electron chi connectivity index (χ1n) is 8.53. The van der Waals surface area contributed by atoms with Gasteiger partial charge in [0.2, 0.25) is 0 Å². The highest BCUT2D eigenvalue weighted by molar-refractivity contribution is 14.0. The molecule has 162 valence electrons. The molecule has 1 heterocycles. The molecule has 1 aromatic carbocycles. The Morgan fingerprint density at radius 1 is 1.24 bits per heavy atom. The Morgan fingerprint density at radius 3 is 2.52 bits per heavy atom. The van der Waals surface area contributed by atoms with E-state index in [4.69, 9.17) is 4.74 Å². The number of hydrogen-bond donors (Lipinski definition) is 2. The number of hydrogen-bond acceptors (Lipinski definition) is 5. The molecule has 1 aromatic heterocycles. The summed E-state index contributed by atoms with van der Waals surface area (Å²) in [4.78, 5) is 10.5. The molecule has 2 aromatic rings. The predicted octanol–water partition coefficient (Wildman–Crippen LogP) is 3.94. The van der Waals surface area contributed by atoms with Crippen LogP contribution in [0.2, 0.25) is 0 Å². The third-order valence-corrected chi connectivity index (χ3v) is 4.70. The van der Waals surface area contributed by atoms with Crippen LogP contribution in [0.15, 0.2) is 28.6 Å². The standard InChI is InChI=1S/C18H24F3N5OS.HI/c1-12-5-6-13(15(7-12)27-11-18(19,20)21)8-23-16(22-2)24-9-14-10-28-17(25-14)26(3)4;/h5-7,10H,8-9,11H2,1-4H3,(H2,22,23,24);1H. The first-order valence-corrected chi connectivity index (χ1v) is 9.41. The van der Waals surface area contributed by atoms with E-state index in [-0.39, 0.29) is 36.3 Å². The van der Waals surface area contributed by atoms with Gasteiger partial charge in [0.25, 0.3) is 0 Å². The highest BCUT2D eigenvalue weighted by Gasteiger charge is 2.28. The van der Waals surface area contributed by atoms with Crippen molar-refractivity contribution in [2.45, 2.75) is 26.2 Å². The molecule has 11 heteroatoms. The van der Waals surface area contributed by atoms with Crippen LogP contribution in [0.25, 0.3) is 0 Å². The van der Waals surface area contributed by atoms with Gasteiger partial charge in [0.1, 0.15) is 5.75 Å². The molecule has 2 N–H and O–H groups in total. The summed E-state index contributed by atoms with van der Waals surface area (Å²) in [7, 11) is 5.48. The number of aromatic nitrogens is 1. The molecule has 0 fully saturated rings. The Balaban J connectivity index is 0.00000420. The summed E-state index contributed by atoms with van der Waals surface area (Å²) < 4.78 is 42.4. The Hall–Kier alpha value is -1.76. The number of aryl methyl sites for hydroxylation is 1. The SMILES string of the molecule is CN=C(NCc1csc(N(C)C)n1)NCc1ccc(C)cc1OCC(F)(F)F.I. The third kappa shape index (κ3) is 8.64. The van der Waals surface area contributed by atoms with Crippen molar-refractivity contribution in [3.8, 4) is 5.75 Å². The van der Waals surface area contributed by atoms with Gasteiger partial charge in [-0.05, 0) is 18.6 Å². The van der Waals surface area contributed by atoms with E-state index < -0.39 is 12.8 Å². The molecule has 6 nitrogen and oxygen atoms in total. The molecule has 0 saturated carbocycles. The number of anilines is 1. The summed E-state index contributed by atoms with van der Waals surface area (Å²) in [5, 5.41) is 9.09. The number of aliphatic imine (C=N–C) groups is 1. The normalized spacial score (nSPS) is 11.6. The Morgan fingerprint density at radius 2 is 1.93 bits per heavy atom. The van der Waals surface area contributed by atoms with E-state index in [2.05, 4.69) is 20.6 Å². The van der Waals surface area contributed by atoms with Gasteiger partial charge in [-0.2, -0.15) is 13.2 Å². The summed E-state index contributed by atoms with van der Waals surface area (Å²) in [6, 6.07) is 5.16. The molecule has 0 amide bonds. The summed E-state index contributed by atoms with van der Waals surface area (Å²) in [5.41, 5.74) is 2.31. The molecule has 0 saturated heterocycles. The number of ether oxygens (including phenoxy) is 1. The number of rotatable bonds is 7. The zero-order valence-electron chi connectivity index (χ0n) is 16.6. The Labute approximate surface area is 189 Å². The molecule has 0 aliphatic rings. The molecule has 0 aliphatic heterocycles. The van der Waals surface area contributed by atoms with Crippen molar-refractivity contribution >= 4 is 46.4 Å². The van der Waals surface area contributed by atoms with E-state index >= 15 is 0 Å². The van der Waals surface area contributed by atoms with E-state index in [1.807, 2.05) is 30.4 Å². The summed E-state index contributed by atoms with van der Waals surface area (Å²) in [5.74, 6) is 0.720. The van der Waals surface area contributed by atoms with Gasteiger partial charge >= 0.3 is 6.18 Å². The molecule has 0 bridgehead atoms. The van der Waals surface area contributed by atoms with E-state index in [0.29, 0.717) is 18.1 Å². The zero-order valence-corrected chi connectivity index (χ0v) is 19.8. The highest BCUT2D eigenvalue weighted by atomic mass is 127. The van der Waals surface area contributed by atoms with Crippen LogP contribution >= 0.6 is 35.3 Å².